The number of fused-ring (bicyclic) bond motifs is 1. The molecule has 2 aromatic rings. The number of carbonyl (C=O) groups is 3. The van der Waals surface area contributed by atoms with Crippen molar-refractivity contribution in [1.82, 2.24) is 0 Å². The maximum atomic E-state index is 13.7. The quantitative estimate of drug-likeness (QED) is 0.777. The lowest BCUT2D eigenvalue weighted by molar-refractivity contribution is -0.122. The van der Waals surface area contributed by atoms with Crippen LogP contribution in [0.2, 0.25) is 0 Å². The fraction of sp³-hybridized carbons (Fsp3) is 0.348. The lowest BCUT2D eigenvalue weighted by Gasteiger charge is -2.29. The molecule has 1 heterocycles. The molecule has 1 aliphatic heterocycles. The summed E-state index contributed by atoms with van der Waals surface area (Å²) in [6.07, 6.45) is -0.177. The third-order valence-electron chi connectivity index (χ3n) is 4.87. The number of ketones is 1. The van der Waals surface area contributed by atoms with Gasteiger partial charge >= 0.3 is 6.09 Å². The minimum Gasteiger partial charge on any atom is -0.443 e. The van der Waals surface area contributed by atoms with E-state index in [1.807, 2.05) is 42.5 Å². The molecule has 3 rings (SSSR count). The van der Waals surface area contributed by atoms with Crippen LogP contribution in [0.15, 0.2) is 54.6 Å². The average molecular weight is 379 g/mol. The van der Waals surface area contributed by atoms with Crippen LogP contribution in [0.3, 0.4) is 0 Å². The van der Waals surface area contributed by atoms with Crippen molar-refractivity contribution in [2.45, 2.75) is 51.6 Å². The molecule has 5 heteroatoms. The van der Waals surface area contributed by atoms with Gasteiger partial charge in [-0.1, -0.05) is 48.5 Å². The number of ether oxygens (including phenoxy) is 1. The molecule has 2 amide bonds. The van der Waals surface area contributed by atoms with Crippen LogP contribution in [-0.2, 0) is 19.7 Å². The topological polar surface area (TPSA) is 63.7 Å². The van der Waals surface area contributed by atoms with Crippen molar-refractivity contribution in [2.75, 3.05) is 4.90 Å². The fourth-order valence-electron chi connectivity index (χ4n) is 3.68. The molecular formula is C23H25NO4. The van der Waals surface area contributed by atoms with E-state index in [4.69, 9.17) is 4.74 Å². The van der Waals surface area contributed by atoms with Crippen LogP contribution in [0.4, 0.5) is 10.5 Å². The van der Waals surface area contributed by atoms with Gasteiger partial charge in [0.1, 0.15) is 16.8 Å². The van der Waals surface area contributed by atoms with Crippen LogP contribution in [0.25, 0.3) is 0 Å². The Morgan fingerprint density at radius 1 is 1.00 bits per heavy atom. The molecule has 0 saturated carbocycles. The van der Waals surface area contributed by atoms with E-state index in [1.54, 1.807) is 32.9 Å². The molecule has 0 saturated heterocycles. The van der Waals surface area contributed by atoms with E-state index in [-0.39, 0.29) is 18.1 Å². The lowest BCUT2D eigenvalue weighted by atomic mass is 9.72. The molecule has 28 heavy (non-hydrogen) atoms. The van der Waals surface area contributed by atoms with E-state index in [0.29, 0.717) is 12.1 Å². The molecule has 0 unspecified atom stereocenters. The SMILES string of the molecule is CC(=O)CC[C@@]1(c2ccccc2)C(=O)N(C(=O)OC(C)(C)C)c2ccccc21. The summed E-state index contributed by atoms with van der Waals surface area (Å²) in [4.78, 5) is 39.5. The summed E-state index contributed by atoms with van der Waals surface area (Å²) in [5, 5.41) is 0. The van der Waals surface area contributed by atoms with Crippen molar-refractivity contribution in [3.05, 3.63) is 65.7 Å². The molecule has 0 N–H and O–H groups in total. The van der Waals surface area contributed by atoms with Gasteiger partial charge in [0.05, 0.1) is 5.69 Å². The van der Waals surface area contributed by atoms with Gasteiger partial charge in [-0.25, -0.2) is 9.69 Å². The minimum absolute atomic E-state index is 0.00342. The summed E-state index contributed by atoms with van der Waals surface area (Å²) in [6, 6.07) is 16.6. The number of nitrogens with zero attached hydrogens (tertiary/aromatic N) is 1. The van der Waals surface area contributed by atoms with Gasteiger partial charge < -0.3 is 9.53 Å². The summed E-state index contributed by atoms with van der Waals surface area (Å²) in [7, 11) is 0. The van der Waals surface area contributed by atoms with Gasteiger partial charge in [-0.2, -0.15) is 0 Å². The maximum absolute atomic E-state index is 13.7. The molecule has 1 atom stereocenters. The number of para-hydroxylation sites is 1. The van der Waals surface area contributed by atoms with Crippen molar-refractivity contribution in [1.29, 1.82) is 0 Å². The monoisotopic (exact) mass is 379 g/mol. The number of imide groups is 1. The Morgan fingerprint density at radius 3 is 2.21 bits per heavy atom. The van der Waals surface area contributed by atoms with E-state index in [2.05, 4.69) is 0 Å². The van der Waals surface area contributed by atoms with Crippen LogP contribution < -0.4 is 4.90 Å². The Balaban J connectivity index is 2.19. The molecule has 0 aliphatic carbocycles. The van der Waals surface area contributed by atoms with Gasteiger partial charge in [0, 0.05) is 6.42 Å². The van der Waals surface area contributed by atoms with E-state index >= 15 is 0 Å². The summed E-state index contributed by atoms with van der Waals surface area (Å²) in [5.41, 5.74) is 0.164. The highest BCUT2D eigenvalue weighted by Gasteiger charge is 2.54. The fourth-order valence-corrected chi connectivity index (χ4v) is 3.68. The zero-order valence-corrected chi connectivity index (χ0v) is 16.7. The Bertz CT molecular complexity index is 914. The van der Waals surface area contributed by atoms with Gasteiger partial charge in [-0.05, 0) is 51.3 Å². The lowest BCUT2D eigenvalue weighted by Crippen LogP contribution is -2.46. The maximum Gasteiger partial charge on any atom is 0.421 e. The summed E-state index contributed by atoms with van der Waals surface area (Å²) in [6.45, 7) is 6.79. The first-order chi connectivity index (χ1) is 13.2. The first-order valence-corrected chi connectivity index (χ1v) is 9.39. The molecule has 146 valence electrons. The largest absolute Gasteiger partial charge is 0.443 e. The van der Waals surface area contributed by atoms with Gasteiger partial charge in [0.15, 0.2) is 0 Å². The molecule has 0 bridgehead atoms. The highest BCUT2D eigenvalue weighted by molar-refractivity contribution is 6.22. The van der Waals surface area contributed by atoms with Crippen LogP contribution in [-0.4, -0.2) is 23.4 Å². The number of hydrogen-bond acceptors (Lipinski definition) is 4. The first-order valence-electron chi connectivity index (χ1n) is 9.39. The second-order valence-corrected chi connectivity index (χ2v) is 8.11. The zero-order chi connectivity index (χ0) is 20.5. The Kier molecular flexibility index (Phi) is 5.11. The Morgan fingerprint density at radius 2 is 1.61 bits per heavy atom. The number of amides is 2. The summed E-state index contributed by atoms with van der Waals surface area (Å²) >= 11 is 0. The molecule has 5 nitrogen and oxygen atoms in total. The number of benzene rings is 2. The van der Waals surface area contributed by atoms with Gasteiger partial charge in [0.25, 0.3) is 5.91 Å². The predicted octanol–water partition coefficient (Wildman–Crippen LogP) is 4.62. The zero-order valence-electron chi connectivity index (χ0n) is 16.7. The van der Waals surface area contributed by atoms with E-state index < -0.39 is 17.1 Å². The Hall–Kier alpha value is -2.95. The van der Waals surface area contributed by atoms with E-state index in [0.717, 1.165) is 16.0 Å². The van der Waals surface area contributed by atoms with Crippen LogP contribution in [0, 0.1) is 0 Å². The highest BCUT2D eigenvalue weighted by atomic mass is 16.6. The second-order valence-electron chi connectivity index (χ2n) is 8.11. The van der Waals surface area contributed by atoms with E-state index in [1.165, 1.54) is 6.92 Å². The van der Waals surface area contributed by atoms with Crippen molar-refractivity contribution < 1.29 is 19.1 Å². The third kappa shape index (κ3) is 3.44. The van der Waals surface area contributed by atoms with Crippen LogP contribution in [0.5, 0.6) is 0 Å². The molecular weight excluding hydrogens is 354 g/mol. The molecule has 1 aliphatic rings. The van der Waals surface area contributed by atoms with E-state index in [9.17, 15) is 14.4 Å². The second kappa shape index (κ2) is 7.23. The standard InChI is InChI=1S/C23H25NO4/c1-16(25)14-15-23(17-10-6-5-7-11-17)18-12-8-9-13-19(18)24(20(23)26)21(27)28-22(2,3)4/h5-13H,14-15H2,1-4H3/t23-/m0/s1. The smallest absolute Gasteiger partial charge is 0.421 e. The number of carbonyl (C=O) groups excluding carboxylic acids is 3. The third-order valence-corrected chi connectivity index (χ3v) is 4.87. The summed E-state index contributed by atoms with van der Waals surface area (Å²) in [5.74, 6) is -0.383. The molecule has 0 radical (unpaired) electrons. The normalized spacial score (nSPS) is 18.7. The van der Waals surface area contributed by atoms with Crippen molar-refractivity contribution in [3.63, 3.8) is 0 Å². The number of rotatable bonds is 4. The molecule has 0 aromatic heterocycles. The first kappa shape index (κ1) is 19.8. The minimum atomic E-state index is -1.10. The van der Waals surface area contributed by atoms with Crippen molar-refractivity contribution in [2.24, 2.45) is 0 Å². The van der Waals surface area contributed by atoms with Crippen LogP contribution >= 0.6 is 0 Å². The molecule has 0 fully saturated rings. The van der Waals surface area contributed by atoms with Gasteiger partial charge in [0.2, 0.25) is 0 Å². The van der Waals surface area contributed by atoms with Gasteiger partial charge in [-0.15, -0.1) is 0 Å². The van der Waals surface area contributed by atoms with Crippen molar-refractivity contribution >= 4 is 23.5 Å². The van der Waals surface area contributed by atoms with Crippen LogP contribution in [0.1, 0.15) is 51.7 Å². The molecule has 0 spiro atoms. The number of anilines is 1. The summed E-state index contributed by atoms with van der Waals surface area (Å²) < 4.78 is 5.50. The van der Waals surface area contributed by atoms with Gasteiger partial charge in [-0.3, -0.25) is 4.79 Å². The number of hydrogen-bond donors (Lipinski definition) is 0. The molecule has 2 aromatic carbocycles. The average Bonchev–Trinajstić information content (AvgIpc) is 2.88. The highest BCUT2D eigenvalue weighted by Crippen LogP contribution is 2.49. The number of Topliss-reactive ketones (excluding diaryl/α,β-unsaturated/α-hetero) is 1. The Labute approximate surface area is 165 Å². The van der Waals surface area contributed by atoms with Crippen molar-refractivity contribution in [3.8, 4) is 0 Å². The predicted molar refractivity (Wildman–Crippen MR) is 107 cm³/mol.